The third-order valence-electron chi connectivity index (χ3n) is 5.72. The monoisotopic (exact) mass is 393 g/mol. The van der Waals surface area contributed by atoms with Crippen molar-refractivity contribution in [1.82, 2.24) is 30.4 Å². The third kappa shape index (κ3) is 3.23. The van der Waals surface area contributed by atoms with Crippen LogP contribution in [0.1, 0.15) is 32.1 Å². The number of rotatable bonds is 6. The van der Waals surface area contributed by atoms with Crippen molar-refractivity contribution in [3.05, 3.63) is 12.7 Å². The molecule has 0 aromatic carbocycles. The molecule has 2 fully saturated rings. The van der Waals surface area contributed by atoms with Crippen LogP contribution in [0, 0.1) is 5.92 Å². The van der Waals surface area contributed by atoms with Crippen molar-refractivity contribution in [3.63, 3.8) is 0 Å². The van der Waals surface area contributed by atoms with E-state index in [2.05, 4.69) is 25.8 Å². The summed E-state index contributed by atoms with van der Waals surface area (Å²) in [5.74, 6) is -0.898. The standard InChI is InChI=1S/C17H27N7O4/c18-15-12-16(20-8-19-15)24(9-21-12)17(14(27)13(26)11(7-25)28-17)23-22-6-10-4-2-1-3-5-10/h8-11,13-14,22-23,25-27H,1-7H2,(H2,18,19,20)/t11-,13-,14-,17+/m1/s1. The molecule has 2 aromatic heterocycles. The number of imidazole rings is 1. The summed E-state index contributed by atoms with van der Waals surface area (Å²) in [6, 6.07) is 0. The molecule has 0 unspecified atom stereocenters. The zero-order valence-electron chi connectivity index (χ0n) is 15.5. The lowest BCUT2D eigenvalue weighted by Crippen LogP contribution is -2.61. The summed E-state index contributed by atoms with van der Waals surface area (Å²) in [6.07, 6.45) is 5.02. The minimum absolute atomic E-state index is 0.195. The molecule has 0 bridgehead atoms. The Bertz CT molecular complexity index is 812. The smallest absolute Gasteiger partial charge is 0.247 e. The van der Waals surface area contributed by atoms with Crippen LogP contribution in [0.4, 0.5) is 5.82 Å². The SMILES string of the molecule is Nc1ncnc2c1ncn2[C@]1(NNCC2CCCCC2)O[C@H](CO)[C@@H](O)[C@H]1O. The maximum atomic E-state index is 10.8. The van der Waals surface area contributed by atoms with Gasteiger partial charge in [-0.3, -0.25) is 9.99 Å². The first-order valence-corrected chi connectivity index (χ1v) is 9.65. The van der Waals surface area contributed by atoms with Crippen LogP contribution in [0.3, 0.4) is 0 Å². The number of nitrogens with zero attached hydrogens (tertiary/aromatic N) is 4. The molecule has 154 valence electrons. The Morgan fingerprint density at radius 1 is 1.21 bits per heavy atom. The molecular formula is C17H27N7O4. The molecule has 0 amide bonds. The second-order valence-electron chi connectivity index (χ2n) is 7.53. The molecule has 0 spiro atoms. The number of hydrazine groups is 1. The summed E-state index contributed by atoms with van der Waals surface area (Å²) in [7, 11) is 0. The minimum Gasteiger partial charge on any atom is -0.394 e. The predicted octanol–water partition coefficient (Wildman–Crippen LogP) is -1.19. The fraction of sp³-hybridized carbons (Fsp3) is 0.706. The molecule has 11 nitrogen and oxygen atoms in total. The Morgan fingerprint density at radius 2 is 2.00 bits per heavy atom. The van der Waals surface area contributed by atoms with Crippen molar-refractivity contribution in [1.29, 1.82) is 0 Å². The Hall–Kier alpha value is -1.89. The van der Waals surface area contributed by atoms with E-state index in [4.69, 9.17) is 10.5 Å². The lowest BCUT2D eigenvalue weighted by molar-refractivity contribution is -0.176. The molecule has 2 aliphatic rings. The zero-order valence-corrected chi connectivity index (χ0v) is 15.5. The maximum absolute atomic E-state index is 10.8. The lowest BCUT2D eigenvalue weighted by atomic mass is 9.89. The molecule has 4 atom stereocenters. The molecule has 28 heavy (non-hydrogen) atoms. The lowest BCUT2D eigenvalue weighted by Gasteiger charge is -2.35. The van der Waals surface area contributed by atoms with Crippen LogP contribution in [-0.4, -0.2) is 66.3 Å². The number of aliphatic hydroxyl groups excluding tert-OH is 3. The van der Waals surface area contributed by atoms with Gasteiger partial charge in [0.25, 0.3) is 0 Å². The average Bonchev–Trinajstić information content (AvgIpc) is 3.25. The maximum Gasteiger partial charge on any atom is 0.247 e. The number of nitrogens with two attached hydrogens (primary N) is 1. The van der Waals surface area contributed by atoms with E-state index in [1.165, 1.54) is 36.5 Å². The average molecular weight is 393 g/mol. The number of nitrogen functional groups attached to an aromatic ring is 1. The summed E-state index contributed by atoms with van der Waals surface area (Å²) >= 11 is 0. The van der Waals surface area contributed by atoms with Crippen LogP contribution in [0.15, 0.2) is 12.7 Å². The van der Waals surface area contributed by atoms with Crippen LogP contribution >= 0.6 is 0 Å². The third-order valence-corrected chi connectivity index (χ3v) is 5.72. The van der Waals surface area contributed by atoms with Crippen molar-refractivity contribution in [3.8, 4) is 0 Å². The Morgan fingerprint density at radius 3 is 2.71 bits per heavy atom. The Balaban J connectivity index is 1.64. The Labute approximate surface area is 161 Å². The summed E-state index contributed by atoms with van der Waals surface area (Å²) in [6.45, 7) is 0.232. The molecule has 4 rings (SSSR count). The number of fused-ring (bicyclic) bond motifs is 1. The summed E-state index contributed by atoms with van der Waals surface area (Å²) in [5, 5.41) is 30.8. The van der Waals surface area contributed by atoms with E-state index in [1.54, 1.807) is 0 Å². The van der Waals surface area contributed by atoms with Gasteiger partial charge in [-0.1, -0.05) is 19.3 Å². The first-order valence-electron chi connectivity index (χ1n) is 9.65. The van der Waals surface area contributed by atoms with Crippen LogP contribution in [0.25, 0.3) is 11.2 Å². The normalized spacial score (nSPS) is 31.6. The van der Waals surface area contributed by atoms with Gasteiger partial charge in [0.2, 0.25) is 5.85 Å². The molecule has 1 saturated heterocycles. The van der Waals surface area contributed by atoms with Gasteiger partial charge in [-0.25, -0.2) is 20.4 Å². The number of aromatic nitrogens is 4. The fourth-order valence-corrected chi connectivity index (χ4v) is 4.12. The molecular weight excluding hydrogens is 366 g/mol. The molecule has 3 heterocycles. The van der Waals surface area contributed by atoms with Crippen LogP contribution in [0.5, 0.6) is 0 Å². The highest BCUT2D eigenvalue weighted by Gasteiger charge is 2.56. The van der Waals surface area contributed by atoms with Gasteiger partial charge >= 0.3 is 0 Å². The number of aliphatic hydroxyl groups is 3. The predicted molar refractivity (Wildman–Crippen MR) is 99.4 cm³/mol. The van der Waals surface area contributed by atoms with Gasteiger partial charge < -0.3 is 25.8 Å². The van der Waals surface area contributed by atoms with Gasteiger partial charge in [0.1, 0.15) is 36.5 Å². The van der Waals surface area contributed by atoms with Crippen molar-refractivity contribution in [2.24, 2.45) is 5.92 Å². The van der Waals surface area contributed by atoms with E-state index in [1.807, 2.05) is 0 Å². The number of hydrogen-bond acceptors (Lipinski definition) is 10. The van der Waals surface area contributed by atoms with E-state index in [0.29, 0.717) is 23.6 Å². The van der Waals surface area contributed by atoms with Gasteiger partial charge in [0.15, 0.2) is 11.5 Å². The minimum atomic E-state index is -1.61. The van der Waals surface area contributed by atoms with Gasteiger partial charge in [0, 0.05) is 6.54 Å². The first-order chi connectivity index (χ1) is 13.6. The highest BCUT2D eigenvalue weighted by Crippen LogP contribution is 2.35. The van der Waals surface area contributed by atoms with Crippen LogP contribution < -0.4 is 16.6 Å². The number of nitrogens with one attached hydrogen (secondary N) is 2. The summed E-state index contributed by atoms with van der Waals surface area (Å²) < 4.78 is 7.37. The number of anilines is 1. The van der Waals surface area contributed by atoms with Gasteiger partial charge in [-0.05, 0) is 18.8 Å². The van der Waals surface area contributed by atoms with E-state index in [-0.39, 0.29) is 5.82 Å². The van der Waals surface area contributed by atoms with E-state index < -0.39 is 30.8 Å². The van der Waals surface area contributed by atoms with E-state index >= 15 is 0 Å². The molecule has 7 N–H and O–H groups in total. The topological polar surface area (TPSA) is 164 Å². The van der Waals surface area contributed by atoms with Gasteiger partial charge in [-0.2, -0.15) is 0 Å². The number of hydrogen-bond donors (Lipinski definition) is 6. The molecule has 2 aromatic rings. The second kappa shape index (κ2) is 7.85. The van der Waals surface area contributed by atoms with Gasteiger partial charge in [0.05, 0.1) is 6.61 Å². The highest BCUT2D eigenvalue weighted by atomic mass is 16.6. The Kier molecular flexibility index (Phi) is 5.45. The van der Waals surface area contributed by atoms with Crippen molar-refractivity contribution in [2.75, 3.05) is 18.9 Å². The van der Waals surface area contributed by atoms with E-state index in [0.717, 1.165) is 12.8 Å². The van der Waals surface area contributed by atoms with Crippen molar-refractivity contribution < 1.29 is 20.1 Å². The number of ether oxygens (including phenoxy) is 1. The first kappa shape index (κ1) is 19.4. The quantitative estimate of drug-likeness (QED) is 0.329. The van der Waals surface area contributed by atoms with Crippen molar-refractivity contribution in [2.45, 2.75) is 56.3 Å². The van der Waals surface area contributed by atoms with Crippen LogP contribution in [-0.2, 0) is 10.6 Å². The largest absolute Gasteiger partial charge is 0.394 e. The molecule has 11 heteroatoms. The van der Waals surface area contributed by atoms with E-state index in [9.17, 15) is 15.3 Å². The molecule has 1 saturated carbocycles. The summed E-state index contributed by atoms with van der Waals surface area (Å²) in [5.41, 5.74) is 12.7. The zero-order chi connectivity index (χ0) is 19.7. The molecule has 1 aliphatic carbocycles. The van der Waals surface area contributed by atoms with Gasteiger partial charge in [-0.15, -0.1) is 0 Å². The van der Waals surface area contributed by atoms with Crippen LogP contribution in [0.2, 0.25) is 0 Å². The van der Waals surface area contributed by atoms with Crippen molar-refractivity contribution >= 4 is 17.0 Å². The molecule has 0 radical (unpaired) electrons. The highest BCUT2D eigenvalue weighted by molar-refractivity contribution is 5.81. The molecule has 1 aliphatic heterocycles. The summed E-state index contributed by atoms with van der Waals surface area (Å²) in [4.78, 5) is 12.4. The fourth-order valence-electron chi connectivity index (χ4n) is 4.12. The second-order valence-corrected chi connectivity index (χ2v) is 7.53.